The van der Waals surface area contributed by atoms with E-state index in [1.165, 1.54) is 0 Å². The molecule has 0 N–H and O–H groups in total. The third kappa shape index (κ3) is 2.85. The highest BCUT2D eigenvalue weighted by molar-refractivity contribution is 6.22. The van der Waals surface area contributed by atoms with Crippen LogP contribution in [0.4, 0.5) is 0 Å². The number of fused-ring (bicyclic) bond motifs is 2. The molecule has 0 aromatic heterocycles. The summed E-state index contributed by atoms with van der Waals surface area (Å²) in [5.74, 6) is -1.45. The van der Waals surface area contributed by atoms with Crippen molar-refractivity contribution < 1.29 is 19.1 Å². The summed E-state index contributed by atoms with van der Waals surface area (Å²) in [4.78, 5) is 39.7. The molecule has 0 bridgehead atoms. The topological polar surface area (TPSA) is 63.7 Å². The molecule has 0 aliphatic carbocycles. The van der Waals surface area contributed by atoms with Crippen LogP contribution in [-0.4, -0.2) is 28.7 Å². The molecule has 0 spiro atoms. The predicted molar refractivity (Wildman–Crippen MR) is 105 cm³/mol. The molecule has 28 heavy (non-hydrogen) atoms. The molecule has 1 heterocycles. The third-order valence-electron chi connectivity index (χ3n) is 4.94. The normalized spacial score (nSPS) is 14.5. The highest BCUT2D eigenvalue weighted by Gasteiger charge is 2.44. The van der Waals surface area contributed by atoms with Gasteiger partial charge in [-0.15, -0.1) is 0 Å². The first kappa shape index (κ1) is 17.9. The average molecular weight is 373 g/mol. The molecule has 1 aliphatic heterocycles. The summed E-state index contributed by atoms with van der Waals surface area (Å²) in [6, 6.07) is 18.6. The molecular weight excluding hydrogens is 354 g/mol. The van der Waals surface area contributed by atoms with Crippen molar-refractivity contribution >= 4 is 28.6 Å². The smallest absolute Gasteiger partial charge is 0.335 e. The lowest BCUT2D eigenvalue weighted by Crippen LogP contribution is -2.49. The fraction of sp³-hybridized carbons (Fsp3) is 0.174. The molecule has 0 saturated heterocycles. The molecule has 3 aromatic carbocycles. The van der Waals surface area contributed by atoms with Crippen molar-refractivity contribution in [3.05, 3.63) is 77.9 Å². The SMILES string of the molecule is CC(C)[C@H](C(=O)Oc1cccc2ccccc12)N1C(=O)c2ccccc2C1=O. The first-order valence-corrected chi connectivity index (χ1v) is 9.15. The van der Waals surface area contributed by atoms with E-state index in [2.05, 4.69) is 0 Å². The zero-order valence-corrected chi connectivity index (χ0v) is 15.6. The number of benzene rings is 3. The summed E-state index contributed by atoms with van der Waals surface area (Å²) in [7, 11) is 0. The van der Waals surface area contributed by atoms with E-state index in [-0.39, 0.29) is 5.92 Å². The van der Waals surface area contributed by atoms with Gasteiger partial charge in [0, 0.05) is 5.39 Å². The van der Waals surface area contributed by atoms with Crippen LogP contribution in [0.1, 0.15) is 34.6 Å². The van der Waals surface area contributed by atoms with Crippen molar-refractivity contribution in [3.8, 4) is 5.75 Å². The van der Waals surface area contributed by atoms with Crippen LogP contribution < -0.4 is 4.74 Å². The maximum Gasteiger partial charge on any atom is 0.335 e. The highest BCUT2D eigenvalue weighted by atomic mass is 16.5. The lowest BCUT2D eigenvalue weighted by atomic mass is 10.0. The van der Waals surface area contributed by atoms with Gasteiger partial charge in [0.1, 0.15) is 11.8 Å². The van der Waals surface area contributed by atoms with Gasteiger partial charge in [0.15, 0.2) is 0 Å². The zero-order chi connectivity index (χ0) is 19.8. The van der Waals surface area contributed by atoms with Gasteiger partial charge in [0.2, 0.25) is 0 Å². The number of amides is 2. The van der Waals surface area contributed by atoms with Gasteiger partial charge in [-0.25, -0.2) is 4.79 Å². The Morgan fingerprint density at radius 2 is 1.39 bits per heavy atom. The predicted octanol–water partition coefficient (Wildman–Crippen LogP) is 4.07. The van der Waals surface area contributed by atoms with Gasteiger partial charge in [0.25, 0.3) is 11.8 Å². The largest absolute Gasteiger partial charge is 0.424 e. The van der Waals surface area contributed by atoms with Crippen LogP contribution in [0.25, 0.3) is 10.8 Å². The van der Waals surface area contributed by atoms with E-state index < -0.39 is 23.8 Å². The zero-order valence-electron chi connectivity index (χ0n) is 15.6. The monoisotopic (exact) mass is 373 g/mol. The second-order valence-electron chi connectivity index (χ2n) is 7.11. The molecule has 3 aromatic rings. The van der Waals surface area contributed by atoms with Gasteiger partial charge in [-0.3, -0.25) is 14.5 Å². The number of ether oxygens (including phenoxy) is 1. The molecule has 5 nitrogen and oxygen atoms in total. The molecule has 1 atom stereocenters. The standard InChI is InChI=1S/C23H19NO4/c1-14(2)20(24-21(25)17-11-5-6-12-18(17)22(24)26)23(27)28-19-13-7-9-15-8-3-4-10-16(15)19/h3-14,20H,1-2H3/t20-/m1/s1. The second-order valence-corrected chi connectivity index (χ2v) is 7.11. The lowest BCUT2D eigenvalue weighted by molar-refractivity contribution is -0.140. The van der Waals surface area contributed by atoms with Crippen molar-refractivity contribution in [1.82, 2.24) is 4.90 Å². The Kier molecular flexibility index (Phi) is 4.43. The molecule has 2 amide bonds. The Hall–Kier alpha value is -3.47. The minimum Gasteiger partial charge on any atom is -0.424 e. The summed E-state index contributed by atoms with van der Waals surface area (Å²) in [6.45, 7) is 3.58. The number of hydrogen-bond donors (Lipinski definition) is 0. The number of carbonyl (C=O) groups excluding carboxylic acids is 3. The van der Waals surface area contributed by atoms with E-state index in [9.17, 15) is 14.4 Å². The van der Waals surface area contributed by atoms with Crippen LogP contribution in [0.2, 0.25) is 0 Å². The first-order valence-electron chi connectivity index (χ1n) is 9.15. The minimum absolute atomic E-state index is 0.301. The molecule has 140 valence electrons. The molecule has 1 aliphatic rings. The molecular formula is C23H19NO4. The van der Waals surface area contributed by atoms with Gasteiger partial charge in [-0.2, -0.15) is 0 Å². The number of imide groups is 1. The van der Waals surface area contributed by atoms with Gasteiger partial charge in [-0.1, -0.05) is 62.4 Å². The maximum absolute atomic E-state index is 13.1. The first-order chi connectivity index (χ1) is 13.5. The summed E-state index contributed by atoms with van der Waals surface area (Å²) >= 11 is 0. The molecule has 0 fully saturated rings. The number of hydrogen-bond acceptors (Lipinski definition) is 4. The summed E-state index contributed by atoms with van der Waals surface area (Å²) in [6.07, 6.45) is 0. The highest BCUT2D eigenvalue weighted by Crippen LogP contribution is 2.30. The van der Waals surface area contributed by atoms with Gasteiger partial charge < -0.3 is 4.74 Å². The van der Waals surface area contributed by atoms with E-state index in [1.54, 1.807) is 50.2 Å². The van der Waals surface area contributed by atoms with Gasteiger partial charge >= 0.3 is 5.97 Å². The fourth-order valence-corrected chi connectivity index (χ4v) is 3.59. The quantitative estimate of drug-likeness (QED) is 0.393. The Labute approximate surface area is 162 Å². The molecule has 5 heteroatoms. The van der Waals surface area contributed by atoms with E-state index >= 15 is 0 Å². The van der Waals surface area contributed by atoms with E-state index in [0.717, 1.165) is 15.7 Å². The molecule has 0 unspecified atom stereocenters. The second kappa shape index (κ2) is 6.93. The number of nitrogens with zero attached hydrogens (tertiary/aromatic N) is 1. The Bertz CT molecular complexity index is 1060. The van der Waals surface area contributed by atoms with Gasteiger partial charge in [-0.05, 0) is 29.5 Å². The summed E-state index contributed by atoms with van der Waals surface area (Å²) in [5.41, 5.74) is 0.632. The molecule has 0 saturated carbocycles. The summed E-state index contributed by atoms with van der Waals surface area (Å²) in [5, 5.41) is 1.73. The van der Waals surface area contributed by atoms with Crippen LogP contribution in [0, 0.1) is 5.92 Å². The molecule has 4 rings (SSSR count). The Morgan fingerprint density at radius 1 is 0.821 bits per heavy atom. The van der Waals surface area contributed by atoms with Crippen LogP contribution in [0.5, 0.6) is 5.75 Å². The minimum atomic E-state index is -1.01. The maximum atomic E-state index is 13.1. The average Bonchev–Trinajstić information content (AvgIpc) is 2.94. The molecule has 0 radical (unpaired) electrons. The van der Waals surface area contributed by atoms with Crippen molar-refractivity contribution in [3.63, 3.8) is 0 Å². The number of carbonyl (C=O) groups is 3. The number of esters is 1. The Morgan fingerprint density at radius 3 is 2.04 bits per heavy atom. The van der Waals surface area contributed by atoms with Crippen LogP contribution in [0.15, 0.2) is 66.7 Å². The third-order valence-corrected chi connectivity index (χ3v) is 4.94. The van der Waals surface area contributed by atoms with E-state index in [0.29, 0.717) is 16.9 Å². The van der Waals surface area contributed by atoms with Crippen molar-refractivity contribution in [2.75, 3.05) is 0 Å². The van der Waals surface area contributed by atoms with Crippen molar-refractivity contribution in [2.24, 2.45) is 5.92 Å². The fourth-order valence-electron chi connectivity index (χ4n) is 3.59. The van der Waals surface area contributed by atoms with E-state index in [4.69, 9.17) is 4.74 Å². The lowest BCUT2D eigenvalue weighted by Gasteiger charge is -2.27. The van der Waals surface area contributed by atoms with Gasteiger partial charge in [0.05, 0.1) is 11.1 Å². The van der Waals surface area contributed by atoms with Crippen LogP contribution in [0.3, 0.4) is 0 Å². The number of rotatable bonds is 4. The van der Waals surface area contributed by atoms with Crippen LogP contribution >= 0.6 is 0 Å². The summed E-state index contributed by atoms with van der Waals surface area (Å²) < 4.78 is 5.67. The van der Waals surface area contributed by atoms with Crippen molar-refractivity contribution in [1.29, 1.82) is 0 Å². The van der Waals surface area contributed by atoms with Crippen molar-refractivity contribution in [2.45, 2.75) is 19.9 Å². The van der Waals surface area contributed by atoms with E-state index in [1.807, 2.05) is 30.3 Å². The Balaban J connectivity index is 1.68. The van der Waals surface area contributed by atoms with Crippen LogP contribution in [-0.2, 0) is 4.79 Å².